The van der Waals surface area contributed by atoms with Crippen LogP contribution in [0.4, 0.5) is 5.69 Å². The van der Waals surface area contributed by atoms with Gasteiger partial charge >= 0.3 is 0 Å². The van der Waals surface area contributed by atoms with Gasteiger partial charge in [-0.25, -0.2) is 4.98 Å². The lowest BCUT2D eigenvalue weighted by atomic mass is 9.88. The molecule has 2 aromatic carbocycles. The Hall–Kier alpha value is -2.50. The highest BCUT2D eigenvalue weighted by atomic mass is 32.1. The molecule has 3 nitrogen and oxygen atoms in total. The summed E-state index contributed by atoms with van der Waals surface area (Å²) in [6.45, 7) is 4.39. The Morgan fingerprint density at radius 2 is 2.00 bits per heavy atom. The highest BCUT2D eigenvalue weighted by Gasteiger charge is 2.23. The van der Waals surface area contributed by atoms with Crippen molar-refractivity contribution in [2.24, 2.45) is 5.92 Å². The quantitative estimate of drug-likeness (QED) is 0.402. The zero-order chi connectivity index (χ0) is 20.0. The summed E-state index contributed by atoms with van der Waals surface area (Å²) in [5, 5.41) is 6.10. The molecule has 0 fully saturated rings. The Morgan fingerprint density at radius 1 is 1.17 bits per heavy atom. The van der Waals surface area contributed by atoms with Gasteiger partial charge in [-0.3, -0.25) is 4.79 Å². The van der Waals surface area contributed by atoms with Crippen molar-refractivity contribution in [1.29, 1.82) is 0 Å². The van der Waals surface area contributed by atoms with Crippen LogP contribution >= 0.6 is 22.7 Å². The summed E-state index contributed by atoms with van der Waals surface area (Å²) in [5.41, 5.74) is 6.28. The van der Waals surface area contributed by atoms with E-state index in [4.69, 9.17) is 4.98 Å². The summed E-state index contributed by atoms with van der Waals surface area (Å²) in [7, 11) is 0. The molecule has 1 aliphatic carbocycles. The summed E-state index contributed by atoms with van der Waals surface area (Å²) < 4.78 is 1.20. The Morgan fingerprint density at radius 3 is 2.83 bits per heavy atom. The van der Waals surface area contributed by atoms with Gasteiger partial charge in [0.15, 0.2) is 0 Å². The number of fused-ring (bicyclic) bond motifs is 2. The minimum absolute atomic E-state index is 0.000246. The van der Waals surface area contributed by atoms with Crippen molar-refractivity contribution in [3.63, 3.8) is 0 Å². The van der Waals surface area contributed by atoms with Crippen LogP contribution in [0.25, 0.3) is 20.8 Å². The lowest BCUT2D eigenvalue weighted by Crippen LogP contribution is -2.16. The van der Waals surface area contributed by atoms with E-state index >= 15 is 0 Å². The number of nitrogens with one attached hydrogen (secondary N) is 1. The largest absolute Gasteiger partial charge is 0.322 e. The second-order valence-electron chi connectivity index (χ2n) is 7.92. The molecule has 1 amide bonds. The van der Waals surface area contributed by atoms with E-state index in [1.54, 1.807) is 22.7 Å². The normalized spacial score (nSPS) is 16.0. The number of rotatable bonds is 3. The van der Waals surface area contributed by atoms with E-state index in [1.165, 1.54) is 27.1 Å². The van der Waals surface area contributed by atoms with Crippen molar-refractivity contribution in [3.05, 3.63) is 69.4 Å². The highest BCUT2D eigenvalue weighted by Crippen LogP contribution is 2.34. The minimum Gasteiger partial charge on any atom is -0.322 e. The van der Waals surface area contributed by atoms with Crippen molar-refractivity contribution >= 4 is 44.5 Å². The van der Waals surface area contributed by atoms with Crippen molar-refractivity contribution in [3.8, 4) is 10.6 Å². The van der Waals surface area contributed by atoms with Gasteiger partial charge in [0, 0.05) is 21.5 Å². The van der Waals surface area contributed by atoms with Crippen LogP contribution < -0.4 is 5.32 Å². The second kappa shape index (κ2) is 7.39. The third-order valence-corrected chi connectivity index (χ3v) is 7.70. The number of anilines is 1. The number of amides is 1. The number of hydrogen-bond donors (Lipinski definition) is 1. The van der Waals surface area contributed by atoms with Crippen LogP contribution in [0.3, 0.4) is 0 Å². The van der Waals surface area contributed by atoms with Gasteiger partial charge in [-0.05, 0) is 79.6 Å². The molecule has 2 aromatic heterocycles. The van der Waals surface area contributed by atoms with Crippen molar-refractivity contribution in [1.82, 2.24) is 4.98 Å². The smallest absolute Gasteiger partial charge is 0.256 e. The molecule has 1 N–H and O–H groups in total. The Balaban J connectivity index is 1.34. The molecular formula is C24H22N2OS2. The average Bonchev–Trinajstić information content (AvgIpc) is 3.31. The van der Waals surface area contributed by atoms with E-state index in [2.05, 4.69) is 37.4 Å². The van der Waals surface area contributed by atoms with Gasteiger partial charge in [-0.15, -0.1) is 22.7 Å². The monoisotopic (exact) mass is 418 g/mol. The molecule has 5 heteroatoms. The van der Waals surface area contributed by atoms with Gasteiger partial charge in [0.2, 0.25) is 0 Å². The van der Waals surface area contributed by atoms with Gasteiger partial charge in [0.25, 0.3) is 5.91 Å². The van der Waals surface area contributed by atoms with Crippen LogP contribution in [0.15, 0.2) is 47.8 Å². The van der Waals surface area contributed by atoms with E-state index in [-0.39, 0.29) is 5.91 Å². The fourth-order valence-electron chi connectivity index (χ4n) is 3.92. The van der Waals surface area contributed by atoms with Crippen LogP contribution in [0.1, 0.15) is 39.7 Å². The summed E-state index contributed by atoms with van der Waals surface area (Å²) in [6.07, 6.45) is 3.28. The third-order valence-electron chi connectivity index (χ3n) is 5.58. The van der Waals surface area contributed by atoms with Crippen molar-refractivity contribution < 1.29 is 4.79 Å². The van der Waals surface area contributed by atoms with Gasteiger partial charge in [-0.2, -0.15) is 0 Å². The second-order valence-corrected chi connectivity index (χ2v) is 9.92. The van der Waals surface area contributed by atoms with Crippen LogP contribution in [-0.2, 0) is 12.8 Å². The maximum absolute atomic E-state index is 12.8. The maximum atomic E-state index is 12.8. The summed E-state index contributed by atoms with van der Waals surface area (Å²) in [4.78, 5) is 18.9. The van der Waals surface area contributed by atoms with E-state index < -0.39 is 0 Å². The topological polar surface area (TPSA) is 42.0 Å². The number of nitrogens with zero attached hydrogens (tertiary/aromatic N) is 1. The summed E-state index contributed by atoms with van der Waals surface area (Å²) in [5.74, 6) is 0.719. The van der Waals surface area contributed by atoms with E-state index in [1.807, 2.05) is 29.6 Å². The molecular weight excluding hydrogens is 396 g/mol. The molecule has 146 valence electrons. The lowest BCUT2D eigenvalue weighted by Gasteiger charge is -2.18. The Bertz CT molecular complexity index is 1200. The zero-order valence-corrected chi connectivity index (χ0v) is 18.1. The first-order chi connectivity index (χ1) is 14.1. The van der Waals surface area contributed by atoms with E-state index in [0.29, 0.717) is 0 Å². The van der Waals surface area contributed by atoms with Gasteiger partial charge in [0.1, 0.15) is 5.01 Å². The molecule has 0 bridgehead atoms. The SMILES string of the molecule is Cc1ccc2nc(-c3ccc(NC(=O)c4csc5c4CC[C@H](C)C5)cc3)sc2c1. The Labute approximate surface area is 178 Å². The van der Waals surface area contributed by atoms with Crippen molar-refractivity contribution in [2.45, 2.75) is 33.1 Å². The zero-order valence-electron chi connectivity index (χ0n) is 16.5. The highest BCUT2D eigenvalue weighted by molar-refractivity contribution is 7.21. The number of thiazole rings is 1. The number of hydrogen-bond acceptors (Lipinski definition) is 4. The maximum Gasteiger partial charge on any atom is 0.256 e. The van der Waals surface area contributed by atoms with Crippen LogP contribution in [-0.4, -0.2) is 10.9 Å². The molecule has 29 heavy (non-hydrogen) atoms. The molecule has 0 unspecified atom stereocenters. The van der Waals surface area contributed by atoms with Gasteiger partial charge in [0.05, 0.1) is 15.8 Å². The molecule has 5 rings (SSSR count). The predicted molar refractivity (Wildman–Crippen MR) is 123 cm³/mol. The van der Waals surface area contributed by atoms with Gasteiger partial charge < -0.3 is 5.32 Å². The third kappa shape index (κ3) is 3.61. The molecule has 0 aliphatic heterocycles. The first-order valence-corrected chi connectivity index (χ1v) is 11.6. The Kier molecular flexibility index (Phi) is 4.72. The molecule has 0 spiro atoms. The molecule has 1 atom stereocenters. The van der Waals surface area contributed by atoms with Crippen LogP contribution in [0.2, 0.25) is 0 Å². The van der Waals surface area contributed by atoms with Crippen LogP contribution in [0.5, 0.6) is 0 Å². The number of carbonyl (C=O) groups excluding carboxylic acids is 1. The molecule has 0 radical (unpaired) electrons. The first-order valence-electron chi connectivity index (χ1n) is 9.95. The average molecular weight is 419 g/mol. The van der Waals surface area contributed by atoms with E-state index in [0.717, 1.165) is 46.1 Å². The molecule has 0 saturated heterocycles. The van der Waals surface area contributed by atoms with Crippen LogP contribution in [0, 0.1) is 12.8 Å². The minimum atomic E-state index is 0.000246. The van der Waals surface area contributed by atoms with E-state index in [9.17, 15) is 4.79 Å². The lowest BCUT2D eigenvalue weighted by molar-refractivity contribution is 0.102. The molecule has 0 saturated carbocycles. The molecule has 4 aromatic rings. The fraction of sp³-hybridized carbons (Fsp3) is 0.250. The number of thiophene rings is 1. The molecule has 2 heterocycles. The summed E-state index contributed by atoms with van der Waals surface area (Å²) >= 11 is 3.43. The fourth-order valence-corrected chi connectivity index (χ4v) is 6.23. The predicted octanol–water partition coefficient (Wildman–Crippen LogP) is 6.71. The number of carbonyl (C=O) groups is 1. The first kappa shape index (κ1) is 18.5. The van der Waals surface area contributed by atoms with Gasteiger partial charge in [-0.1, -0.05) is 13.0 Å². The number of benzene rings is 2. The standard InChI is InChI=1S/C24H22N2OS2/c1-14-3-9-18-19(13-28-21(18)11-14)23(27)25-17-7-5-16(6-8-17)24-26-20-10-4-15(2)12-22(20)29-24/h4-8,10,12-14H,3,9,11H2,1-2H3,(H,25,27)/t14-/m0/s1. The van der Waals surface area contributed by atoms with Crippen molar-refractivity contribution in [2.75, 3.05) is 5.32 Å². The number of aryl methyl sites for hydroxylation is 1. The summed E-state index contributed by atoms with van der Waals surface area (Å²) in [6, 6.07) is 14.3. The molecule has 1 aliphatic rings. The number of aromatic nitrogens is 1.